The Hall–Kier alpha value is -2.71. The molecular weight excluding hydrogens is 395 g/mol. The van der Waals surface area contributed by atoms with Crippen LogP contribution in [0.15, 0.2) is 53.6 Å². The maximum absolute atomic E-state index is 14.0. The van der Waals surface area contributed by atoms with Crippen molar-refractivity contribution in [2.24, 2.45) is 0 Å². The van der Waals surface area contributed by atoms with E-state index in [9.17, 15) is 17.6 Å². The van der Waals surface area contributed by atoms with Crippen molar-refractivity contribution in [2.45, 2.75) is 37.1 Å². The zero-order valence-corrected chi connectivity index (χ0v) is 17.1. The summed E-state index contributed by atoms with van der Waals surface area (Å²) in [7, 11) is -2.44. The fraction of sp³-hybridized carbons (Fsp3) is 0.286. The van der Waals surface area contributed by atoms with Crippen LogP contribution in [-0.4, -0.2) is 36.5 Å². The molecule has 2 aromatic carbocycles. The number of rotatable bonds is 5. The monoisotopic (exact) mass is 416 g/mol. The lowest BCUT2D eigenvalue weighted by atomic mass is 10.1. The van der Waals surface area contributed by atoms with Gasteiger partial charge in [-0.25, -0.2) is 21.8 Å². The topological polar surface area (TPSA) is 68.6 Å². The van der Waals surface area contributed by atoms with Gasteiger partial charge in [0, 0.05) is 24.4 Å². The van der Waals surface area contributed by atoms with Gasteiger partial charge in [0.15, 0.2) is 0 Å². The summed E-state index contributed by atoms with van der Waals surface area (Å²) in [5.74, 6) is -0.809. The number of amides is 1. The van der Waals surface area contributed by atoms with Crippen LogP contribution in [0.1, 0.15) is 30.4 Å². The number of hydrogen-bond acceptors (Lipinski definition) is 4. The summed E-state index contributed by atoms with van der Waals surface area (Å²) >= 11 is 0. The molecule has 0 N–H and O–H groups in total. The van der Waals surface area contributed by atoms with Gasteiger partial charge in [0.1, 0.15) is 5.82 Å². The van der Waals surface area contributed by atoms with Crippen molar-refractivity contribution in [1.29, 1.82) is 0 Å². The second-order valence-electron chi connectivity index (χ2n) is 7.30. The van der Waals surface area contributed by atoms with Crippen LogP contribution in [0.4, 0.5) is 4.39 Å². The quantitative estimate of drug-likeness (QED) is 0.596. The van der Waals surface area contributed by atoms with Gasteiger partial charge in [-0.2, -0.15) is 0 Å². The number of carbonyl (C=O) groups excluding carboxylic acids is 1. The van der Waals surface area contributed by atoms with Crippen molar-refractivity contribution >= 4 is 26.8 Å². The standard InChI is InChI=1S/C21H21FN2O4S/c1-13-4-7-16(8-5-13)29(26,27)23-12-19(17-10-15(22)6-9-20(17)23)18-11-21(18)24(28-3)14(2)25/h4-10,12,18,21H,11H2,1-3H3/t18-,21-/m1/s1. The van der Waals surface area contributed by atoms with Crippen LogP contribution in [-0.2, 0) is 19.7 Å². The number of benzene rings is 2. The highest BCUT2D eigenvalue weighted by atomic mass is 32.2. The Balaban J connectivity index is 1.83. The SMILES string of the molecule is CON(C(C)=O)[C@@H]1C[C@@H]1c1cn(S(=O)(=O)c2ccc(C)cc2)c2ccc(F)cc12. The number of halogens is 1. The van der Waals surface area contributed by atoms with E-state index in [2.05, 4.69) is 0 Å². The Labute approximate surface area is 168 Å². The van der Waals surface area contributed by atoms with Crippen molar-refractivity contribution < 1.29 is 22.4 Å². The summed E-state index contributed by atoms with van der Waals surface area (Å²) in [5.41, 5.74) is 2.04. The maximum atomic E-state index is 14.0. The molecule has 0 aliphatic heterocycles. The third-order valence-corrected chi connectivity index (χ3v) is 6.99. The first-order chi connectivity index (χ1) is 13.7. The fourth-order valence-corrected chi connectivity index (χ4v) is 5.17. The molecule has 8 heteroatoms. The van der Waals surface area contributed by atoms with Crippen molar-refractivity contribution in [3.63, 3.8) is 0 Å². The van der Waals surface area contributed by atoms with Gasteiger partial charge in [0.05, 0.1) is 23.6 Å². The predicted octanol–water partition coefficient (Wildman–Crippen LogP) is 3.59. The van der Waals surface area contributed by atoms with Gasteiger partial charge in [-0.1, -0.05) is 17.7 Å². The summed E-state index contributed by atoms with van der Waals surface area (Å²) in [4.78, 5) is 17.1. The second-order valence-corrected chi connectivity index (χ2v) is 9.11. The largest absolute Gasteiger partial charge is 0.274 e. The number of aromatic nitrogens is 1. The van der Waals surface area contributed by atoms with Crippen LogP contribution in [0.3, 0.4) is 0 Å². The van der Waals surface area contributed by atoms with E-state index < -0.39 is 15.8 Å². The summed E-state index contributed by atoms with van der Waals surface area (Å²) in [6.45, 7) is 3.29. The summed E-state index contributed by atoms with van der Waals surface area (Å²) < 4.78 is 41.7. The molecule has 0 bridgehead atoms. The summed E-state index contributed by atoms with van der Waals surface area (Å²) in [6, 6.07) is 10.4. The maximum Gasteiger partial charge on any atom is 0.268 e. The van der Waals surface area contributed by atoms with Crippen LogP contribution in [0.25, 0.3) is 10.9 Å². The molecule has 0 saturated heterocycles. The number of nitrogens with zero attached hydrogens (tertiary/aromatic N) is 2. The average Bonchev–Trinajstić information content (AvgIpc) is 3.34. The molecule has 1 fully saturated rings. The minimum atomic E-state index is -3.86. The van der Waals surface area contributed by atoms with Gasteiger partial charge in [-0.05, 0) is 49.2 Å². The highest BCUT2D eigenvalue weighted by molar-refractivity contribution is 7.90. The highest BCUT2D eigenvalue weighted by Crippen LogP contribution is 2.48. The van der Waals surface area contributed by atoms with Crippen molar-refractivity contribution in [3.05, 3.63) is 65.6 Å². The minimum Gasteiger partial charge on any atom is -0.274 e. The zero-order valence-electron chi connectivity index (χ0n) is 16.3. The van der Waals surface area contributed by atoms with Crippen LogP contribution < -0.4 is 0 Å². The molecule has 6 nitrogen and oxygen atoms in total. The molecule has 1 saturated carbocycles. The fourth-order valence-electron chi connectivity index (χ4n) is 3.79. The number of fused-ring (bicyclic) bond motifs is 1. The minimum absolute atomic E-state index is 0.127. The molecule has 3 aromatic rings. The van der Waals surface area contributed by atoms with Crippen LogP contribution >= 0.6 is 0 Å². The van der Waals surface area contributed by atoms with Crippen molar-refractivity contribution in [3.8, 4) is 0 Å². The lowest BCUT2D eigenvalue weighted by molar-refractivity contribution is -0.176. The van der Waals surface area contributed by atoms with Gasteiger partial charge in [-0.3, -0.25) is 9.63 Å². The van der Waals surface area contributed by atoms with Gasteiger partial charge >= 0.3 is 0 Å². The zero-order chi connectivity index (χ0) is 20.9. The number of hydroxylamine groups is 2. The molecule has 1 aliphatic rings. The van der Waals surface area contributed by atoms with Gasteiger partial charge in [0.2, 0.25) is 5.91 Å². The van der Waals surface area contributed by atoms with E-state index >= 15 is 0 Å². The number of carbonyl (C=O) groups is 1. The third-order valence-electron chi connectivity index (χ3n) is 5.31. The molecule has 152 valence electrons. The van der Waals surface area contributed by atoms with Crippen LogP contribution in [0.2, 0.25) is 0 Å². The molecule has 0 radical (unpaired) electrons. The predicted molar refractivity (Wildman–Crippen MR) is 106 cm³/mol. The summed E-state index contributed by atoms with van der Waals surface area (Å²) in [6.07, 6.45) is 2.16. The Kier molecular flexibility index (Phi) is 4.71. The molecule has 1 amide bonds. The van der Waals surface area contributed by atoms with E-state index in [0.29, 0.717) is 22.9 Å². The van der Waals surface area contributed by atoms with E-state index in [1.165, 1.54) is 47.5 Å². The lowest BCUT2D eigenvalue weighted by Crippen LogP contribution is -2.30. The molecule has 1 aromatic heterocycles. The molecule has 1 aliphatic carbocycles. The first-order valence-corrected chi connectivity index (χ1v) is 10.6. The normalized spacial score (nSPS) is 18.8. The van der Waals surface area contributed by atoms with Gasteiger partial charge in [-0.15, -0.1) is 0 Å². The highest BCUT2D eigenvalue weighted by Gasteiger charge is 2.46. The van der Waals surface area contributed by atoms with E-state index in [0.717, 1.165) is 5.56 Å². The van der Waals surface area contributed by atoms with Crippen LogP contribution in [0, 0.1) is 12.7 Å². The van der Waals surface area contributed by atoms with Gasteiger partial charge < -0.3 is 0 Å². The first-order valence-electron chi connectivity index (χ1n) is 9.20. The Morgan fingerprint density at radius 3 is 2.52 bits per heavy atom. The molecule has 4 rings (SSSR count). The van der Waals surface area contributed by atoms with Crippen molar-refractivity contribution in [2.75, 3.05) is 7.11 Å². The Bertz CT molecular complexity index is 1200. The Morgan fingerprint density at radius 2 is 1.90 bits per heavy atom. The van der Waals surface area contributed by atoms with Crippen molar-refractivity contribution in [1.82, 2.24) is 9.04 Å². The third kappa shape index (κ3) is 3.32. The Morgan fingerprint density at radius 1 is 1.21 bits per heavy atom. The van der Waals surface area contributed by atoms with E-state index in [-0.39, 0.29) is 22.8 Å². The van der Waals surface area contributed by atoms with E-state index in [1.807, 2.05) is 6.92 Å². The van der Waals surface area contributed by atoms with Crippen LogP contribution in [0.5, 0.6) is 0 Å². The molecule has 29 heavy (non-hydrogen) atoms. The second kappa shape index (κ2) is 6.96. The number of aryl methyl sites for hydroxylation is 1. The van der Waals surface area contributed by atoms with E-state index in [4.69, 9.17) is 4.84 Å². The smallest absolute Gasteiger partial charge is 0.268 e. The lowest BCUT2D eigenvalue weighted by Gasteiger charge is -2.17. The summed E-state index contributed by atoms with van der Waals surface area (Å²) in [5, 5.41) is 1.80. The molecular formula is C21H21FN2O4S. The molecule has 0 unspecified atom stereocenters. The van der Waals surface area contributed by atoms with E-state index in [1.54, 1.807) is 24.3 Å². The van der Waals surface area contributed by atoms with Gasteiger partial charge in [0.25, 0.3) is 10.0 Å². The first kappa shape index (κ1) is 19.6. The molecule has 0 spiro atoms. The molecule has 1 heterocycles. The number of hydrogen-bond donors (Lipinski definition) is 0. The molecule has 2 atom stereocenters. The average molecular weight is 416 g/mol.